The van der Waals surface area contributed by atoms with E-state index in [0.29, 0.717) is 47.6 Å². The van der Waals surface area contributed by atoms with Gasteiger partial charge in [-0.25, -0.2) is 4.68 Å². The number of carbonyl (C=O) groups excluding carboxylic acids is 1. The van der Waals surface area contributed by atoms with Gasteiger partial charge in [-0.15, -0.1) is 5.10 Å². The molecule has 3 aromatic rings. The number of hydrogen-bond donors (Lipinski definition) is 0. The molecule has 1 unspecified atom stereocenters. The lowest BCUT2D eigenvalue weighted by atomic mass is 10.0. The van der Waals surface area contributed by atoms with Crippen LogP contribution in [0.1, 0.15) is 35.1 Å². The Balaban J connectivity index is 1.51. The Hall–Kier alpha value is -3.43. The van der Waals surface area contributed by atoms with E-state index in [-0.39, 0.29) is 11.9 Å². The second-order valence-electron chi connectivity index (χ2n) is 6.87. The minimum Gasteiger partial charge on any atom is -0.497 e. The molecule has 152 valence electrons. The molecule has 1 saturated heterocycles. The van der Waals surface area contributed by atoms with Crippen molar-refractivity contribution in [3.05, 3.63) is 35.9 Å². The smallest absolute Gasteiger partial charge is 0.254 e. The van der Waals surface area contributed by atoms with Gasteiger partial charge in [-0.2, -0.15) is 4.98 Å². The summed E-state index contributed by atoms with van der Waals surface area (Å²) in [5.41, 5.74) is 1.08. The van der Waals surface area contributed by atoms with Crippen molar-refractivity contribution in [3.63, 3.8) is 0 Å². The van der Waals surface area contributed by atoms with Crippen LogP contribution in [0.25, 0.3) is 11.5 Å². The lowest BCUT2D eigenvalue weighted by Gasteiger charge is -2.32. The number of aryl methyl sites for hydroxylation is 1. The molecular weight excluding hydrogens is 376 g/mol. The summed E-state index contributed by atoms with van der Waals surface area (Å²) < 4.78 is 17.3. The van der Waals surface area contributed by atoms with E-state index in [9.17, 15) is 4.79 Å². The summed E-state index contributed by atoms with van der Waals surface area (Å²) in [6, 6.07) is 5.21. The maximum atomic E-state index is 13.1. The van der Waals surface area contributed by atoms with E-state index in [1.807, 2.05) is 4.90 Å². The molecule has 1 aliphatic rings. The van der Waals surface area contributed by atoms with Crippen LogP contribution in [0.15, 0.2) is 28.9 Å². The molecule has 3 heterocycles. The fourth-order valence-electron chi connectivity index (χ4n) is 3.43. The minimum atomic E-state index is -0.0685. The number of piperidine rings is 1. The van der Waals surface area contributed by atoms with Crippen molar-refractivity contribution in [3.8, 4) is 23.0 Å². The molecule has 10 heteroatoms. The highest BCUT2D eigenvalue weighted by Crippen LogP contribution is 2.27. The maximum Gasteiger partial charge on any atom is 0.254 e. The van der Waals surface area contributed by atoms with E-state index in [1.54, 1.807) is 50.2 Å². The van der Waals surface area contributed by atoms with Gasteiger partial charge in [-0.3, -0.25) is 4.79 Å². The van der Waals surface area contributed by atoms with Crippen molar-refractivity contribution in [1.29, 1.82) is 0 Å². The van der Waals surface area contributed by atoms with E-state index >= 15 is 0 Å². The predicted octanol–water partition coefficient (Wildman–Crippen LogP) is 2.13. The summed E-state index contributed by atoms with van der Waals surface area (Å²) >= 11 is 0. The second-order valence-corrected chi connectivity index (χ2v) is 6.87. The van der Waals surface area contributed by atoms with Crippen molar-refractivity contribution in [2.75, 3.05) is 27.3 Å². The van der Waals surface area contributed by atoms with E-state index < -0.39 is 0 Å². The molecule has 1 aromatic carbocycles. The number of hydrogen-bond acceptors (Lipinski definition) is 8. The highest BCUT2D eigenvalue weighted by Gasteiger charge is 2.27. The van der Waals surface area contributed by atoms with Gasteiger partial charge in [0.2, 0.25) is 11.7 Å². The summed E-state index contributed by atoms with van der Waals surface area (Å²) in [7, 11) is 3.13. The first-order valence-electron chi connectivity index (χ1n) is 9.32. The average molecular weight is 398 g/mol. The highest BCUT2D eigenvalue weighted by atomic mass is 16.5. The molecular formula is C19H22N6O4. The van der Waals surface area contributed by atoms with Crippen molar-refractivity contribution in [2.24, 2.45) is 0 Å². The fraction of sp³-hybridized carbons (Fsp3) is 0.421. The molecule has 0 N–H and O–H groups in total. The number of amides is 1. The molecule has 10 nitrogen and oxygen atoms in total. The fourth-order valence-corrected chi connectivity index (χ4v) is 3.43. The molecule has 0 radical (unpaired) electrons. The van der Waals surface area contributed by atoms with Gasteiger partial charge in [0.15, 0.2) is 5.69 Å². The van der Waals surface area contributed by atoms with Gasteiger partial charge >= 0.3 is 0 Å². The summed E-state index contributed by atoms with van der Waals surface area (Å²) in [5, 5.41) is 12.2. The average Bonchev–Trinajstić information content (AvgIpc) is 3.42. The predicted molar refractivity (Wildman–Crippen MR) is 102 cm³/mol. The third-order valence-corrected chi connectivity index (χ3v) is 4.92. The third-order valence-electron chi connectivity index (χ3n) is 4.92. The van der Waals surface area contributed by atoms with E-state index in [1.165, 1.54) is 0 Å². The number of carbonyl (C=O) groups is 1. The summed E-state index contributed by atoms with van der Waals surface area (Å²) in [4.78, 5) is 19.1. The van der Waals surface area contributed by atoms with Crippen LogP contribution in [0.4, 0.5) is 0 Å². The molecule has 1 atom stereocenters. The van der Waals surface area contributed by atoms with Gasteiger partial charge in [0.1, 0.15) is 11.5 Å². The van der Waals surface area contributed by atoms with Crippen molar-refractivity contribution >= 4 is 5.91 Å². The molecule has 1 aliphatic heterocycles. The van der Waals surface area contributed by atoms with Crippen LogP contribution in [-0.4, -0.2) is 63.3 Å². The number of methoxy groups -OCH3 is 2. The Labute approximate surface area is 167 Å². The first kappa shape index (κ1) is 18.9. The van der Waals surface area contributed by atoms with E-state index in [0.717, 1.165) is 12.8 Å². The zero-order valence-corrected chi connectivity index (χ0v) is 16.5. The van der Waals surface area contributed by atoms with Crippen LogP contribution in [0.3, 0.4) is 0 Å². The lowest BCUT2D eigenvalue weighted by Crippen LogP contribution is -2.40. The van der Waals surface area contributed by atoms with Gasteiger partial charge in [0.25, 0.3) is 5.91 Å². The molecule has 1 amide bonds. The van der Waals surface area contributed by atoms with Gasteiger partial charge in [-0.05, 0) is 25.0 Å². The van der Waals surface area contributed by atoms with Crippen molar-refractivity contribution in [1.82, 2.24) is 30.0 Å². The van der Waals surface area contributed by atoms with Crippen molar-refractivity contribution in [2.45, 2.75) is 25.8 Å². The van der Waals surface area contributed by atoms with Crippen LogP contribution < -0.4 is 9.47 Å². The SMILES string of the molecule is COc1cc(OC)cc(C(=O)N2CCCC(n3cc(-c4noc(C)n4)nn3)C2)c1. The maximum absolute atomic E-state index is 13.1. The molecule has 0 aliphatic carbocycles. The van der Waals surface area contributed by atoms with Crippen LogP contribution in [0.2, 0.25) is 0 Å². The van der Waals surface area contributed by atoms with Gasteiger partial charge in [0.05, 0.1) is 26.5 Å². The first-order valence-corrected chi connectivity index (χ1v) is 9.32. The van der Waals surface area contributed by atoms with E-state index in [4.69, 9.17) is 14.0 Å². The third kappa shape index (κ3) is 3.91. The Morgan fingerprint density at radius 3 is 2.62 bits per heavy atom. The van der Waals surface area contributed by atoms with Crippen LogP contribution in [0, 0.1) is 6.92 Å². The zero-order chi connectivity index (χ0) is 20.4. The molecule has 0 saturated carbocycles. The molecule has 1 fully saturated rings. The number of aromatic nitrogens is 5. The normalized spacial score (nSPS) is 16.7. The van der Waals surface area contributed by atoms with Crippen molar-refractivity contribution < 1.29 is 18.8 Å². The number of likely N-dealkylation sites (tertiary alicyclic amines) is 1. The lowest BCUT2D eigenvalue weighted by molar-refractivity contribution is 0.0671. The Morgan fingerprint density at radius 2 is 1.97 bits per heavy atom. The van der Waals surface area contributed by atoms with Crippen LogP contribution in [0.5, 0.6) is 11.5 Å². The zero-order valence-electron chi connectivity index (χ0n) is 16.5. The topological polar surface area (TPSA) is 108 Å². The van der Waals surface area contributed by atoms with Crippen LogP contribution >= 0.6 is 0 Å². The number of benzene rings is 1. The Bertz CT molecular complexity index is 992. The number of rotatable bonds is 5. The minimum absolute atomic E-state index is 0.0226. The molecule has 0 bridgehead atoms. The molecule has 29 heavy (non-hydrogen) atoms. The Morgan fingerprint density at radius 1 is 1.21 bits per heavy atom. The largest absolute Gasteiger partial charge is 0.497 e. The summed E-state index contributed by atoms with van der Waals surface area (Å²) in [6.07, 6.45) is 3.56. The monoisotopic (exact) mass is 398 g/mol. The first-order chi connectivity index (χ1) is 14.1. The number of nitrogens with zero attached hydrogens (tertiary/aromatic N) is 6. The van der Waals surface area contributed by atoms with E-state index in [2.05, 4.69) is 20.5 Å². The summed E-state index contributed by atoms with van der Waals surface area (Å²) in [5.74, 6) is 1.97. The Kier molecular flexibility index (Phi) is 5.15. The highest BCUT2D eigenvalue weighted by molar-refractivity contribution is 5.95. The van der Waals surface area contributed by atoms with Gasteiger partial charge < -0.3 is 18.9 Å². The van der Waals surface area contributed by atoms with Crippen LogP contribution in [-0.2, 0) is 0 Å². The molecule has 4 rings (SSSR count). The molecule has 0 spiro atoms. The quantitative estimate of drug-likeness (QED) is 0.643. The summed E-state index contributed by atoms with van der Waals surface area (Å²) in [6.45, 7) is 2.94. The standard InChI is InChI=1S/C19H22N6O4/c1-12-20-18(22-29-12)17-11-25(23-21-17)14-5-4-6-24(10-14)19(26)13-7-15(27-2)9-16(8-13)28-3/h7-9,11,14H,4-6,10H2,1-3H3. The van der Waals surface area contributed by atoms with Gasteiger partial charge in [0, 0.05) is 31.6 Å². The number of ether oxygens (including phenoxy) is 2. The molecule has 2 aromatic heterocycles. The second kappa shape index (κ2) is 7.90. The van der Waals surface area contributed by atoms with Gasteiger partial charge in [-0.1, -0.05) is 10.4 Å².